The van der Waals surface area contributed by atoms with Crippen molar-refractivity contribution in [2.75, 3.05) is 9.80 Å². The van der Waals surface area contributed by atoms with Gasteiger partial charge in [0.25, 0.3) is 0 Å². The lowest BCUT2D eigenvalue weighted by atomic mass is 10.1. The van der Waals surface area contributed by atoms with E-state index in [0.717, 1.165) is 11.6 Å². The van der Waals surface area contributed by atoms with Crippen LogP contribution in [0.3, 0.4) is 0 Å². The van der Waals surface area contributed by atoms with Crippen molar-refractivity contribution in [1.82, 2.24) is 9.97 Å². The van der Waals surface area contributed by atoms with Crippen LogP contribution in [0.25, 0.3) is 11.1 Å². The lowest BCUT2D eigenvalue weighted by Gasteiger charge is -2.18. The molecule has 0 spiro atoms. The first-order valence-corrected chi connectivity index (χ1v) is 9.83. The molecule has 0 saturated heterocycles. The zero-order chi connectivity index (χ0) is 20.2. The zero-order valence-corrected chi connectivity index (χ0v) is 16.3. The number of nitrogens with zero attached hydrogens (tertiary/aromatic N) is 4. The Kier molecular flexibility index (Phi) is 4.80. The Hall–Kier alpha value is -4.18. The van der Waals surface area contributed by atoms with E-state index >= 15 is 0 Å². The molecule has 4 heteroatoms. The largest absolute Gasteiger partial charge is 0.309 e. The maximum atomic E-state index is 4.38. The number of allylic oxidation sites excluding steroid dienone is 4. The molecule has 0 N–H and O–H groups in total. The van der Waals surface area contributed by atoms with Crippen LogP contribution in [0.2, 0.25) is 0 Å². The van der Waals surface area contributed by atoms with Gasteiger partial charge in [0.1, 0.15) is 11.6 Å². The van der Waals surface area contributed by atoms with E-state index in [9.17, 15) is 0 Å². The highest BCUT2D eigenvalue weighted by Crippen LogP contribution is 2.17. The first kappa shape index (κ1) is 17.9. The molecule has 2 aliphatic heterocycles. The molecule has 0 fully saturated rings. The summed E-state index contributed by atoms with van der Waals surface area (Å²) < 4.78 is 0. The summed E-state index contributed by atoms with van der Waals surface area (Å²) in [5.74, 6) is 1.82. The molecule has 0 saturated carbocycles. The van der Waals surface area contributed by atoms with E-state index in [2.05, 4.69) is 58.5 Å². The third-order valence-corrected chi connectivity index (χ3v) is 5.04. The molecule has 144 valence electrons. The molecule has 4 heterocycles. The summed E-state index contributed by atoms with van der Waals surface area (Å²) in [7, 11) is 0. The summed E-state index contributed by atoms with van der Waals surface area (Å²) in [6, 6.07) is 20.5. The molecule has 0 unspecified atom stereocenters. The average Bonchev–Trinajstić information content (AvgIpc) is 2.85. The summed E-state index contributed by atoms with van der Waals surface area (Å²) in [6.45, 7) is 0. The van der Waals surface area contributed by atoms with Gasteiger partial charge in [0, 0.05) is 37.2 Å². The smallest absolute Gasteiger partial charge is 0.136 e. The fourth-order valence-electron chi connectivity index (χ4n) is 3.41. The minimum absolute atomic E-state index is 0.909. The van der Waals surface area contributed by atoms with Crippen LogP contribution in [-0.4, -0.2) is 9.97 Å². The van der Waals surface area contributed by atoms with Gasteiger partial charge in [-0.15, -0.1) is 0 Å². The van der Waals surface area contributed by atoms with Crippen LogP contribution in [-0.2, 0) is 0 Å². The molecule has 0 bridgehead atoms. The van der Waals surface area contributed by atoms with Gasteiger partial charge >= 0.3 is 0 Å². The van der Waals surface area contributed by atoms with Crippen molar-refractivity contribution >= 4 is 22.8 Å². The van der Waals surface area contributed by atoms with Crippen molar-refractivity contribution in [2.45, 2.75) is 0 Å². The van der Waals surface area contributed by atoms with E-state index < -0.39 is 0 Å². The predicted molar refractivity (Wildman–Crippen MR) is 123 cm³/mol. The molecule has 1 aromatic carbocycles. The molecule has 30 heavy (non-hydrogen) atoms. The van der Waals surface area contributed by atoms with Crippen LogP contribution in [0.1, 0.15) is 0 Å². The summed E-state index contributed by atoms with van der Waals surface area (Å²) in [6.07, 6.45) is 20.2. The van der Waals surface area contributed by atoms with Crippen molar-refractivity contribution in [3.8, 4) is 0 Å². The number of anilines is 2. The number of aromatic nitrogens is 2. The Labute approximate surface area is 175 Å². The number of rotatable bonds is 2. The SMILES string of the molecule is C1=CN(c2ccccn2)C=CC1=c1ccc(=C2C=CN(c3ccccn3)C=C2)cc1. The van der Waals surface area contributed by atoms with E-state index in [0.29, 0.717) is 0 Å². The third-order valence-electron chi connectivity index (χ3n) is 5.04. The summed E-state index contributed by atoms with van der Waals surface area (Å²) >= 11 is 0. The monoisotopic (exact) mass is 388 g/mol. The lowest BCUT2D eigenvalue weighted by Crippen LogP contribution is -2.16. The number of pyridine rings is 2. The van der Waals surface area contributed by atoms with Gasteiger partial charge in [-0.05, 0) is 70.2 Å². The summed E-state index contributed by atoms with van der Waals surface area (Å²) in [5, 5.41) is 2.37. The molecule has 4 nitrogen and oxygen atoms in total. The molecule has 0 radical (unpaired) electrons. The standard InChI is InChI=1S/C26H20N4/c1-3-15-27-25(5-1)29-17-11-23(12-18-29)21-7-9-22(10-8-21)24-13-19-30(20-14-24)26-6-2-4-16-28-26/h1-20H. The highest BCUT2D eigenvalue weighted by molar-refractivity contribution is 5.73. The van der Waals surface area contributed by atoms with Crippen LogP contribution in [0.15, 0.2) is 122 Å². The van der Waals surface area contributed by atoms with Gasteiger partial charge in [-0.3, -0.25) is 0 Å². The Morgan fingerprint density at radius 3 is 1.20 bits per heavy atom. The molecule has 0 atom stereocenters. The third kappa shape index (κ3) is 3.71. The second kappa shape index (κ2) is 8.05. The zero-order valence-electron chi connectivity index (χ0n) is 16.3. The summed E-state index contributed by atoms with van der Waals surface area (Å²) in [5.41, 5.74) is 2.35. The quantitative estimate of drug-likeness (QED) is 0.667. The summed E-state index contributed by atoms with van der Waals surface area (Å²) in [4.78, 5) is 12.8. The molecular weight excluding hydrogens is 368 g/mol. The molecule has 2 aliphatic rings. The Morgan fingerprint density at radius 1 is 0.467 bits per heavy atom. The normalized spacial score (nSPS) is 15.2. The molecule has 0 amide bonds. The Bertz CT molecular complexity index is 1130. The van der Waals surface area contributed by atoms with Crippen LogP contribution in [0.4, 0.5) is 11.6 Å². The molecular formula is C26H20N4. The van der Waals surface area contributed by atoms with Gasteiger partial charge in [-0.2, -0.15) is 0 Å². The van der Waals surface area contributed by atoms with Gasteiger partial charge in [0.15, 0.2) is 0 Å². The topological polar surface area (TPSA) is 32.3 Å². The van der Waals surface area contributed by atoms with E-state index in [-0.39, 0.29) is 0 Å². The van der Waals surface area contributed by atoms with Crippen molar-refractivity contribution in [2.24, 2.45) is 0 Å². The Morgan fingerprint density at radius 2 is 0.867 bits per heavy atom. The lowest BCUT2D eigenvalue weighted by molar-refractivity contribution is 1.16. The van der Waals surface area contributed by atoms with E-state index in [1.54, 1.807) is 12.4 Å². The van der Waals surface area contributed by atoms with Crippen LogP contribution < -0.4 is 20.2 Å². The Balaban J connectivity index is 1.38. The van der Waals surface area contributed by atoms with Crippen LogP contribution in [0.5, 0.6) is 0 Å². The van der Waals surface area contributed by atoms with Crippen molar-refractivity contribution < 1.29 is 0 Å². The minimum atomic E-state index is 0.909. The van der Waals surface area contributed by atoms with E-state index in [1.807, 2.05) is 71.0 Å². The first-order valence-electron chi connectivity index (χ1n) is 9.83. The maximum Gasteiger partial charge on any atom is 0.136 e. The molecule has 5 rings (SSSR count). The molecule has 0 aliphatic carbocycles. The van der Waals surface area contributed by atoms with Crippen LogP contribution >= 0.6 is 0 Å². The van der Waals surface area contributed by atoms with Gasteiger partial charge < -0.3 is 9.80 Å². The number of hydrogen-bond acceptors (Lipinski definition) is 4. The fourth-order valence-corrected chi connectivity index (χ4v) is 3.41. The average molecular weight is 388 g/mol. The van der Waals surface area contributed by atoms with Gasteiger partial charge in [0.05, 0.1) is 0 Å². The van der Waals surface area contributed by atoms with Crippen molar-refractivity contribution in [3.05, 3.63) is 133 Å². The van der Waals surface area contributed by atoms with Crippen molar-refractivity contribution in [1.29, 1.82) is 0 Å². The van der Waals surface area contributed by atoms with E-state index in [4.69, 9.17) is 0 Å². The first-order chi connectivity index (χ1) is 14.9. The maximum absolute atomic E-state index is 4.38. The van der Waals surface area contributed by atoms with Gasteiger partial charge in [-0.1, -0.05) is 36.4 Å². The number of hydrogen-bond donors (Lipinski definition) is 0. The molecule has 3 aromatic rings. The van der Waals surface area contributed by atoms with Gasteiger partial charge in [0.2, 0.25) is 0 Å². The number of benzene rings is 1. The van der Waals surface area contributed by atoms with Crippen molar-refractivity contribution in [3.63, 3.8) is 0 Å². The second-order valence-electron chi connectivity index (χ2n) is 6.94. The second-order valence-corrected chi connectivity index (χ2v) is 6.94. The highest BCUT2D eigenvalue weighted by Gasteiger charge is 2.06. The van der Waals surface area contributed by atoms with E-state index in [1.165, 1.54) is 21.6 Å². The highest BCUT2D eigenvalue weighted by atomic mass is 15.2. The van der Waals surface area contributed by atoms with Gasteiger partial charge in [-0.25, -0.2) is 9.97 Å². The minimum Gasteiger partial charge on any atom is -0.309 e. The van der Waals surface area contributed by atoms with Crippen LogP contribution in [0, 0.1) is 0 Å². The molecule has 2 aromatic heterocycles. The fraction of sp³-hybridized carbons (Fsp3) is 0. The predicted octanol–water partition coefficient (Wildman–Crippen LogP) is 3.87.